The first-order valence-electron chi connectivity index (χ1n) is 7.30. The molecule has 0 aromatic heterocycles. The molecule has 0 atom stereocenters. The summed E-state index contributed by atoms with van der Waals surface area (Å²) in [5.74, 6) is 0. The Bertz CT molecular complexity index is 599. The molecule has 0 radical (unpaired) electrons. The molecular weight excluding hydrogens is 230 g/mol. The maximum atomic E-state index is 3.43. The van der Waals surface area contributed by atoms with Crippen molar-refractivity contribution in [2.45, 2.75) is 33.1 Å². The van der Waals surface area contributed by atoms with Gasteiger partial charge in [-0.2, -0.15) is 0 Å². The van der Waals surface area contributed by atoms with Gasteiger partial charge in [-0.05, 0) is 59.2 Å². The Morgan fingerprint density at radius 3 is 2.68 bits per heavy atom. The van der Waals surface area contributed by atoms with Gasteiger partial charge in [-0.1, -0.05) is 38.1 Å². The number of hydrogen-bond acceptors (Lipinski definition) is 1. The highest BCUT2D eigenvalue weighted by molar-refractivity contribution is 5.73. The molecule has 1 aliphatic heterocycles. The summed E-state index contributed by atoms with van der Waals surface area (Å²) < 4.78 is 0. The Morgan fingerprint density at radius 1 is 1.00 bits per heavy atom. The number of fused-ring (bicyclic) bond motifs is 1. The van der Waals surface area contributed by atoms with Crippen molar-refractivity contribution >= 4 is 5.69 Å². The van der Waals surface area contributed by atoms with E-state index in [1.165, 1.54) is 33.5 Å². The molecule has 0 amide bonds. The number of rotatable bonds is 3. The predicted molar refractivity (Wildman–Crippen MR) is 82.8 cm³/mol. The van der Waals surface area contributed by atoms with Gasteiger partial charge in [0.25, 0.3) is 0 Å². The molecule has 2 aromatic carbocycles. The van der Waals surface area contributed by atoms with Crippen molar-refractivity contribution in [3.63, 3.8) is 0 Å². The van der Waals surface area contributed by atoms with Gasteiger partial charge in [-0.15, -0.1) is 0 Å². The Morgan fingerprint density at radius 2 is 1.89 bits per heavy atom. The summed E-state index contributed by atoms with van der Waals surface area (Å²) in [5.41, 5.74) is 8.43. The SMILES string of the molecule is CCc1ccc(CC)c(-c2ccc3c(c2)CCN3)c1. The van der Waals surface area contributed by atoms with Gasteiger partial charge < -0.3 is 5.32 Å². The van der Waals surface area contributed by atoms with Crippen LogP contribution in [0.2, 0.25) is 0 Å². The monoisotopic (exact) mass is 251 g/mol. The molecule has 0 saturated heterocycles. The van der Waals surface area contributed by atoms with Crippen LogP contribution in [-0.2, 0) is 19.3 Å². The molecule has 2 aromatic rings. The highest BCUT2D eigenvalue weighted by Gasteiger charge is 2.12. The van der Waals surface area contributed by atoms with Crippen molar-refractivity contribution in [3.05, 3.63) is 53.1 Å². The van der Waals surface area contributed by atoms with E-state index in [1.54, 1.807) is 0 Å². The highest BCUT2D eigenvalue weighted by Crippen LogP contribution is 2.31. The Labute approximate surface area is 115 Å². The fraction of sp³-hybridized carbons (Fsp3) is 0.333. The summed E-state index contributed by atoms with van der Waals surface area (Å²) in [5, 5.41) is 3.43. The quantitative estimate of drug-likeness (QED) is 0.850. The van der Waals surface area contributed by atoms with Gasteiger partial charge in [0, 0.05) is 12.2 Å². The summed E-state index contributed by atoms with van der Waals surface area (Å²) >= 11 is 0. The van der Waals surface area contributed by atoms with Gasteiger partial charge in [-0.3, -0.25) is 0 Å². The van der Waals surface area contributed by atoms with Crippen LogP contribution in [0.1, 0.15) is 30.5 Å². The molecule has 1 N–H and O–H groups in total. The first-order valence-corrected chi connectivity index (χ1v) is 7.30. The zero-order chi connectivity index (χ0) is 13.2. The van der Waals surface area contributed by atoms with E-state index in [0.29, 0.717) is 0 Å². The summed E-state index contributed by atoms with van der Waals surface area (Å²) in [7, 11) is 0. The molecule has 0 spiro atoms. The van der Waals surface area contributed by atoms with Gasteiger partial charge in [-0.25, -0.2) is 0 Å². The highest BCUT2D eigenvalue weighted by atomic mass is 14.9. The number of aryl methyl sites for hydroxylation is 2. The molecule has 0 fully saturated rings. The maximum absolute atomic E-state index is 3.43. The minimum Gasteiger partial charge on any atom is -0.384 e. The smallest absolute Gasteiger partial charge is 0.0373 e. The lowest BCUT2D eigenvalue weighted by Gasteiger charge is -2.12. The molecule has 19 heavy (non-hydrogen) atoms. The van der Waals surface area contributed by atoms with E-state index >= 15 is 0 Å². The van der Waals surface area contributed by atoms with E-state index in [1.807, 2.05) is 0 Å². The summed E-state index contributed by atoms with van der Waals surface area (Å²) in [6, 6.07) is 13.8. The van der Waals surface area contributed by atoms with Gasteiger partial charge in [0.15, 0.2) is 0 Å². The molecule has 0 unspecified atom stereocenters. The molecule has 1 heteroatoms. The van der Waals surface area contributed by atoms with Crippen LogP contribution in [-0.4, -0.2) is 6.54 Å². The van der Waals surface area contributed by atoms with E-state index in [2.05, 4.69) is 55.6 Å². The standard InChI is InChI=1S/C18H21N/c1-3-13-5-6-14(4-2)17(11-13)15-7-8-18-16(12-15)9-10-19-18/h5-8,11-12,19H,3-4,9-10H2,1-2H3. The Kier molecular flexibility index (Phi) is 3.29. The van der Waals surface area contributed by atoms with Crippen molar-refractivity contribution in [1.82, 2.24) is 0 Å². The van der Waals surface area contributed by atoms with Crippen LogP contribution in [0.3, 0.4) is 0 Å². The third-order valence-corrected chi connectivity index (χ3v) is 4.09. The van der Waals surface area contributed by atoms with Crippen molar-refractivity contribution in [2.24, 2.45) is 0 Å². The predicted octanol–water partition coefficient (Wildman–Crippen LogP) is 4.45. The van der Waals surface area contributed by atoms with Crippen molar-refractivity contribution in [1.29, 1.82) is 0 Å². The number of benzene rings is 2. The second kappa shape index (κ2) is 5.08. The summed E-state index contributed by atoms with van der Waals surface area (Å²) in [4.78, 5) is 0. The van der Waals surface area contributed by atoms with Crippen molar-refractivity contribution in [2.75, 3.05) is 11.9 Å². The zero-order valence-corrected chi connectivity index (χ0v) is 11.8. The minimum absolute atomic E-state index is 1.08. The second-order valence-corrected chi connectivity index (χ2v) is 5.25. The molecule has 98 valence electrons. The van der Waals surface area contributed by atoms with Gasteiger partial charge in [0.2, 0.25) is 0 Å². The molecular formula is C18H21N. The molecule has 3 rings (SSSR count). The molecule has 0 bridgehead atoms. The van der Waals surface area contributed by atoms with E-state index in [9.17, 15) is 0 Å². The van der Waals surface area contributed by atoms with Gasteiger partial charge in [0.1, 0.15) is 0 Å². The second-order valence-electron chi connectivity index (χ2n) is 5.25. The minimum atomic E-state index is 1.08. The summed E-state index contributed by atoms with van der Waals surface area (Å²) in [6.45, 7) is 5.53. The lowest BCUT2D eigenvalue weighted by Crippen LogP contribution is -1.92. The van der Waals surface area contributed by atoms with Crippen molar-refractivity contribution < 1.29 is 0 Å². The van der Waals surface area contributed by atoms with Crippen LogP contribution >= 0.6 is 0 Å². The van der Waals surface area contributed by atoms with Crippen LogP contribution in [0.15, 0.2) is 36.4 Å². The average molecular weight is 251 g/mol. The molecule has 1 nitrogen and oxygen atoms in total. The van der Waals surface area contributed by atoms with E-state index in [-0.39, 0.29) is 0 Å². The fourth-order valence-electron chi connectivity index (χ4n) is 2.89. The topological polar surface area (TPSA) is 12.0 Å². The first kappa shape index (κ1) is 12.3. The largest absolute Gasteiger partial charge is 0.384 e. The average Bonchev–Trinajstić information content (AvgIpc) is 2.93. The third-order valence-electron chi connectivity index (χ3n) is 4.09. The molecule has 1 aliphatic rings. The lowest BCUT2D eigenvalue weighted by atomic mass is 9.94. The van der Waals surface area contributed by atoms with Crippen LogP contribution in [0.4, 0.5) is 5.69 Å². The van der Waals surface area contributed by atoms with Crippen LogP contribution in [0.5, 0.6) is 0 Å². The van der Waals surface area contributed by atoms with Gasteiger partial charge >= 0.3 is 0 Å². The Hall–Kier alpha value is -1.76. The van der Waals surface area contributed by atoms with Crippen molar-refractivity contribution in [3.8, 4) is 11.1 Å². The zero-order valence-electron chi connectivity index (χ0n) is 11.8. The van der Waals surface area contributed by atoms with Crippen LogP contribution < -0.4 is 5.32 Å². The third kappa shape index (κ3) is 2.25. The normalized spacial score (nSPS) is 13.2. The lowest BCUT2D eigenvalue weighted by molar-refractivity contribution is 1.10. The number of nitrogens with one attached hydrogen (secondary N) is 1. The van der Waals surface area contributed by atoms with E-state index in [0.717, 1.165) is 25.8 Å². The maximum Gasteiger partial charge on any atom is 0.0373 e. The van der Waals surface area contributed by atoms with Crippen LogP contribution in [0, 0.1) is 0 Å². The summed E-state index contributed by atoms with van der Waals surface area (Å²) in [6.07, 6.45) is 3.34. The molecule has 0 saturated carbocycles. The number of anilines is 1. The van der Waals surface area contributed by atoms with Crippen LogP contribution in [0.25, 0.3) is 11.1 Å². The molecule has 0 aliphatic carbocycles. The Balaban J connectivity index is 2.10. The van der Waals surface area contributed by atoms with E-state index in [4.69, 9.17) is 0 Å². The van der Waals surface area contributed by atoms with E-state index < -0.39 is 0 Å². The van der Waals surface area contributed by atoms with Gasteiger partial charge in [0.05, 0.1) is 0 Å². The first-order chi connectivity index (χ1) is 9.31. The fourth-order valence-corrected chi connectivity index (χ4v) is 2.89. The number of hydrogen-bond donors (Lipinski definition) is 1. The molecule has 1 heterocycles.